The molecular weight excluding hydrogens is 1030 g/mol. The first-order valence-electron chi connectivity index (χ1n) is 24.2. The van der Waals surface area contributed by atoms with Crippen molar-refractivity contribution in [1.29, 1.82) is 0 Å². The van der Waals surface area contributed by atoms with Crippen molar-refractivity contribution in [2.45, 2.75) is 57.9 Å². The molecule has 0 saturated heterocycles. The average Bonchev–Trinajstić information content (AvgIpc) is 4.07. The Bertz CT molecular complexity index is 3500. The molecule has 0 atom stereocenters. The van der Waals surface area contributed by atoms with Crippen LogP contribution in [0.15, 0.2) is 182 Å². The van der Waals surface area contributed by atoms with Crippen LogP contribution < -0.4 is 0 Å². The molecular formula is C66H52N3Pt-3. The third-order valence-electron chi connectivity index (χ3n) is 15.7. The van der Waals surface area contributed by atoms with Crippen molar-refractivity contribution >= 4 is 0 Å². The third-order valence-corrected chi connectivity index (χ3v) is 15.7. The van der Waals surface area contributed by atoms with Gasteiger partial charge in [0.15, 0.2) is 0 Å². The molecule has 3 nitrogen and oxygen atoms in total. The summed E-state index contributed by atoms with van der Waals surface area (Å²) in [6, 6.07) is 70.9. The van der Waals surface area contributed by atoms with Gasteiger partial charge in [0.05, 0.1) is 16.6 Å². The van der Waals surface area contributed by atoms with Crippen LogP contribution in [0, 0.1) is 60.3 Å². The van der Waals surface area contributed by atoms with Gasteiger partial charge in [0.25, 0.3) is 0 Å². The topological polar surface area (TPSA) is 19.4 Å². The van der Waals surface area contributed by atoms with E-state index in [0.29, 0.717) is 0 Å². The minimum Gasteiger partial charge on any atom is -0.511 e. The summed E-state index contributed by atoms with van der Waals surface area (Å²) in [5.74, 6) is 0. The molecule has 3 aliphatic carbocycles. The maximum absolute atomic E-state index is 5.28. The Morgan fingerprint density at radius 2 is 0.771 bits per heavy atom. The van der Waals surface area contributed by atoms with Crippen molar-refractivity contribution in [3.05, 3.63) is 296 Å². The molecule has 70 heavy (non-hydrogen) atoms. The van der Waals surface area contributed by atoms with Gasteiger partial charge < -0.3 is 9.80 Å². The van der Waals surface area contributed by atoms with Gasteiger partial charge in [0.1, 0.15) is 0 Å². The largest absolute Gasteiger partial charge is 0.511 e. The van der Waals surface area contributed by atoms with Crippen molar-refractivity contribution in [3.63, 3.8) is 0 Å². The SMILES string of the molecule is Cc1ccc2c(c1)C(c1[c-]c(C3(c4ccccn4)c4cc(C)ccc4-c4ccc(C)cc43)ccc1)(c1[c-]c(C3(N4C=CN(C)[CH-]4)c4cc(C)ccc4-c4ccc(C)cc43)ccc1)c1cc(C)ccc1-2.[Pt]. The van der Waals surface area contributed by atoms with Crippen LogP contribution in [0.3, 0.4) is 0 Å². The quantitative estimate of drug-likeness (QED) is 0.155. The molecule has 4 aliphatic rings. The summed E-state index contributed by atoms with van der Waals surface area (Å²) >= 11 is 0. The Kier molecular flexibility index (Phi) is 10.1. The molecule has 4 heteroatoms. The number of aryl methyl sites for hydroxylation is 6. The van der Waals surface area contributed by atoms with Crippen LogP contribution in [0.2, 0.25) is 0 Å². The zero-order valence-corrected chi connectivity index (χ0v) is 42.8. The van der Waals surface area contributed by atoms with Gasteiger partial charge in [-0.25, -0.2) is 0 Å². The Morgan fingerprint density at radius 3 is 1.17 bits per heavy atom. The van der Waals surface area contributed by atoms with Gasteiger partial charge in [0, 0.05) is 32.7 Å². The van der Waals surface area contributed by atoms with Crippen LogP contribution in [-0.2, 0) is 37.4 Å². The fourth-order valence-corrected chi connectivity index (χ4v) is 12.8. The van der Waals surface area contributed by atoms with Crippen molar-refractivity contribution in [2.24, 2.45) is 0 Å². The zero-order valence-electron chi connectivity index (χ0n) is 40.6. The summed E-state index contributed by atoms with van der Waals surface area (Å²) in [6.45, 7) is 15.5. The normalized spacial score (nSPS) is 15.7. The first kappa shape index (κ1) is 44.2. The summed E-state index contributed by atoms with van der Waals surface area (Å²) in [4.78, 5) is 9.86. The van der Waals surface area contributed by atoms with Gasteiger partial charge >= 0.3 is 0 Å². The number of rotatable bonds is 6. The molecule has 0 spiro atoms. The Hall–Kier alpha value is -7.06. The maximum atomic E-state index is 5.28. The fraction of sp³-hybridized carbons (Fsp3) is 0.152. The van der Waals surface area contributed by atoms with Crippen LogP contribution in [-0.4, -0.2) is 21.8 Å². The minimum absolute atomic E-state index is 0. The second-order valence-electron chi connectivity index (χ2n) is 20.2. The molecule has 2 heterocycles. The van der Waals surface area contributed by atoms with Gasteiger partial charge in [0.2, 0.25) is 0 Å². The van der Waals surface area contributed by atoms with Crippen LogP contribution in [0.4, 0.5) is 0 Å². The summed E-state index contributed by atoms with van der Waals surface area (Å²) in [7, 11) is 2.12. The molecule has 0 fully saturated rings. The fourth-order valence-electron chi connectivity index (χ4n) is 12.8. The minimum atomic E-state index is -0.810. The molecule has 0 amide bonds. The van der Waals surface area contributed by atoms with E-state index in [-0.39, 0.29) is 21.1 Å². The first-order chi connectivity index (χ1) is 33.5. The first-order valence-corrected chi connectivity index (χ1v) is 24.2. The number of hydrogen-bond donors (Lipinski definition) is 0. The van der Waals surface area contributed by atoms with Crippen LogP contribution in [0.1, 0.15) is 94.7 Å². The van der Waals surface area contributed by atoms with E-state index in [1.54, 1.807) is 0 Å². The van der Waals surface area contributed by atoms with E-state index in [4.69, 9.17) is 4.98 Å². The summed E-state index contributed by atoms with van der Waals surface area (Å²) < 4.78 is 0. The average molecular weight is 1080 g/mol. The molecule has 1 aromatic heterocycles. The van der Waals surface area contributed by atoms with Crippen LogP contribution in [0.5, 0.6) is 0 Å². The Morgan fingerprint density at radius 1 is 0.400 bits per heavy atom. The van der Waals surface area contributed by atoms with Crippen molar-refractivity contribution in [1.82, 2.24) is 14.8 Å². The van der Waals surface area contributed by atoms with Gasteiger partial charge in [-0.1, -0.05) is 149 Å². The van der Waals surface area contributed by atoms with Crippen molar-refractivity contribution in [2.75, 3.05) is 7.05 Å². The molecule has 0 saturated carbocycles. The smallest absolute Gasteiger partial charge is 0.0686 e. The molecule has 8 aromatic carbocycles. The van der Waals surface area contributed by atoms with E-state index >= 15 is 0 Å². The van der Waals surface area contributed by atoms with E-state index < -0.39 is 16.4 Å². The van der Waals surface area contributed by atoms with Gasteiger partial charge in [-0.15, -0.1) is 22.3 Å². The van der Waals surface area contributed by atoms with E-state index in [1.807, 2.05) is 12.3 Å². The number of aromatic nitrogens is 1. The van der Waals surface area contributed by atoms with Crippen molar-refractivity contribution in [3.8, 4) is 33.4 Å². The molecule has 1 aliphatic heterocycles. The van der Waals surface area contributed by atoms with E-state index in [2.05, 4.69) is 247 Å². The molecule has 13 rings (SSSR count). The molecule has 344 valence electrons. The van der Waals surface area contributed by atoms with Crippen LogP contribution in [0.25, 0.3) is 33.4 Å². The summed E-state index contributed by atoms with van der Waals surface area (Å²) in [5.41, 5.74) is 25.3. The van der Waals surface area contributed by atoms with Crippen LogP contribution >= 0.6 is 0 Å². The van der Waals surface area contributed by atoms with E-state index in [0.717, 1.165) is 27.9 Å². The number of benzene rings is 8. The molecule has 0 N–H and O–H groups in total. The molecule has 0 radical (unpaired) electrons. The van der Waals surface area contributed by atoms with Crippen molar-refractivity contribution < 1.29 is 21.1 Å². The maximum Gasteiger partial charge on any atom is 0.0686 e. The number of pyridine rings is 1. The number of hydrogen-bond acceptors (Lipinski definition) is 3. The predicted octanol–water partition coefficient (Wildman–Crippen LogP) is 14.4. The monoisotopic (exact) mass is 1080 g/mol. The number of nitrogens with zero attached hydrogens (tertiary/aromatic N) is 3. The van der Waals surface area contributed by atoms with Gasteiger partial charge in [-0.2, -0.15) is 55.2 Å². The predicted molar refractivity (Wildman–Crippen MR) is 280 cm³/mol. The van der Waals surface area contributed by atoms with Gasteiger partial charge in [-0.05, 0) is 140 Å². The number of fused-ring (bicyclic) bond motifs is 9. The van der Waals surface area contributed by atoms with E-state index in [1.165, 1.54) is 100 Å². The second-order valence-corrected chi connectivity index (χ2v) is 20.2. The Labute approximate surface area is 427 Å². The summed E-state index contributed by atoms with van der Waals surface area (Å²) in [5, 5.41) is 0. The summed E-state index contributed by atoms with van der Waals surface area (Å²) in [6.07, 6.45) is 6.34. The molecule has 0 unspecified atom stereocenters. The van der Waals surface area contributed by atoms with Gasteiger partial charge in [-0.3, -0.25) is 4.98 Å². The Balaban J connectivity index is 0.00000505. The second kappa shape index (κ2) is 16.0. The molecule has 9 aromatic rings. The standard InChI is InChI=1S/C66H52N3.Pt/c1-41-17-23-51-52-24-18-42(2)33-58(52)64(57(51)32-41,47-12-10-14-49(38-47)65(63-16-8-9-29-67-63)59-34-43(3)19-25-53(59)54-26-20-44(4)35-60(54)65)48-13-11-15-50(39-48)66(69-31-30-68(7)40-69)61-36-45(5)21-27-55(61)56-28-22-46(6)37-62(56)66;/h8-37,40H,1-7H3;/q-3;. The molecule has 0 bridgehead atoms. The van der Waals surface area contributed by atoms with E-state index in [9.17, 15) is 0 Å². The third kappa shape index (κ3) is 5.94. The zero-order chi connectivity index (χ0) is 47.0.